The third-order valence-electron chi connectivity index (χ3n) is 1.68. The topological polar surface area (TPSA) is 37.0 Å². The fourth-order valence-electron chi connectivity index (χ4n) is 1.09. The molecule has 2 rings (SSSR count). The van der Waals surface area contributed by atoms with Crippen LogP contribution in [0.4, 0.5) is 5.13 Å². The summed E-state index contributed by atoms with van der Waals surface area (Å²) in [4.78, 5) is 4.39. The van der Waals surface area contributed by atoms with E-state index in [4.69, 9.17) is 0 Å². The van der Waals surface area contributed by atoms with Crippen molar-refractivity contribution in [1.29, 1.82) is 0 Å². The number of aromatic nitrogens is 1. The van der Waals surface area contributed by atoms with Crippen molar-refractivity contribution in [3.05, 3.63) is 36.5 Å². The van der Waals surface area contributed by atoms with E-state index >= 15 is 0 Å². The van der Waals surface area contributed by atoms with E-state index in [0.29, 0.717) is 0 Å². The first-order chi connectivity index (χ1) is 6.75. The average molecular weight is 205 g/mol. The monoisotopic (exact) mass is 205 g/mol. The van der Waals surface area contributed by atoms with Crippen molar-refractivity contribution in [1.82, 2.24) is 10.4 Å². The summed E-state index contributed by atoms with van der Waals surface area (Å²) in [5.74, 6) is 0. The van der Waals surface area contributed by atoms with Crippen LogP contribution in [0.2, 0.25) is 0 Å². The largest absolute Gasteiger partial charge is 0.304 e. The summed E-state index contributed by atoms with van der Waals surface area (Å²) in [7, 11) is 0. The predicted octanol–water partition coefficient (Wildman–Crippen LogP) is 2.75. The van der Waals surface area contributed by atoms with Gasteiger partial charge in [-0.1, -0.05) is 30.0 Å². The molecule has 0 saturated carbocycles. The van der Waals surface area contributed by atoms with E-state index < -0.39 is 0 Å². The molecule has 0 aliphatic rings. The molecule has 3 nitrogen and oxygen atoms in total. The van der Waals surface area contributed by atoms with Gasteiger partial charge in [-0.05, 0) is 19.1 Å². The van der Waals surface area contributed by atoms with Crippen LogP contribution >= 0.6 is 11.3 Å². The van der Waals surface area contributed by atoms with Crippen LogP contribution in [-0.4, -0.2) is 4.98 Å². The normalized spacial score (nSPS) is 10.1. The number of thiazole rings is 1. The summed E-state index contributed by atoms with van der Waals surface area (Å²) in [6.07, 6.45) is 0. The van der Waals surface area contributed by atoms with Crippen LogP contribution in [0, 0.1) is 0 Å². The quantitative estimate of drug-likeness (QED) is 0.756. The Morgan fingerprint density at radius 3 is 2.93 bits per heavy atom. The lowest BCUT2D eigenvalue weighted by Crippen LogP contribution is -2.17. The molecule has 0 fully saturated rings. The number of hydrogen-bond acceptors (Lipinski definition) is 4. The highest BCUT2D eigenvalue weighted by atomic mass is 32.1. The van der Waals surface area contributed by atoms with Gasteiger partial charge in [0.2, 0.25) is 5.13 Å². The van der Waals surface area contributed by atoms with Crippen LogP contribution < -0.4 is 10.9 Å². The highest BCUT2D eigenvalue weighted by Crippen LogP contribution is 2.24. The first kappa shape index (κ1) is 9.02. The number of nitrogens with zero attached hydrogens (tertiary/aromatic N) is 1. The summed E-state index contributed by atoms with van der Waals surface area (Å²) in [6, 6.07) is 8.05. The third kappa shape index (κ3) is 1.85. The Kier molecular flexibility index (Phi) is 2.37. The van der Waals surface area contributed by atoms with Gasteiger partial charge in [-0.25, -0.2) is 4.98 Å². The molecule has 0 aliphatic carbocycles. The highest BCUT2D eigenvalue weighted by molar-refractivity contribution is 7.22. The molecule has 0 aliphatic heterocycles. The number of hydrogen-bond donors (Lipinski definition) is 2. The second-order valence-electron chi connectivity index (χ2n) is 3.02. The summed E-state index contributed by atoms with van der Waals surface area (Å²) < 4.78 is 1.18. The van der Waals surface area contributed by atoms with Gasteiger partial charge >= 0.3 is 0 Å². The lowest BCUT2D eigenvalue weighted by atomic mass is 10.3. The Hall–Kier alpha value is -1.55. The Morgan fingerprint density at radius 2 is 2.21 bits per heavy atom. The number of fused-ring (bicyclic) bond motifs is 1. The lowest BCUT2D eigenvalue weighted by molar-refractivity contribution is 0.965. The lowest BCUT2D eigenvalue weighted by Gasteiger charge is -2.03. The van der Waals surface area contributed by atoms with Gasteiger partial charge in [-0.2, -0.15) is 0 Å². The fourth-order valence-corrected chi connectivity index (χ4v) is 1.91. The number of nitrogens with one attached hydrogen (secondary N) is 2. The van der Waals surface area contributed by atoms with Gasteiger partial charge in [0.05, 0.1) is 10.2 Å². The van der Waals surface area contributed by atoms with Gasteiger partial charge in [0.15, 0.2) is 0 Å². The SMILES string of the molecule is C=C(C)NNc1nc2ccccc2s1. The van der Waals surface area contributed by atoms with Crippen molar-refractivity contribution in [2.45, 2.75) is 6.92 Å². The van der Waals surface area contributed by atoms with Crippen LogP contribution in [-0.2, 0) is 0 Å². The molecule has 0 spiro atoms. The number of allylic oxidation sites excluding steroid dienone is 1. The minimum absolute atomic E-state index is 0.856. The van der Waals surface area contributed by atoms with E-state index in [1.807, 2.05) is 25.1 Å². The van der Waals surface area contributed by atoms with Crippen LogP contribution in [0.25, 0.3) is 10.2 Å². The van der Waals surface area contributed by atoms with Gasteiger partial charge in [0.25, 0.3) is 0 Å². The summed E-state index contributed by atoms with van der Waals surface area (Å²) in [6.45, 7) is 5.62. The summed E-state index contributed by atoms with van der Waals surface area (Å²) >= 11 is 1.61. The van der Waals surface area contributed by atoms with Gasteiger partial charge in [-0.15, -0.1) is 0 Å². The third-order valence-corrected chi connectivity index (χ3v) is 2.63. The molecular weight excluding hydrogens is 194 g/mol. The Morgan fingerprint density at radius 1 is 1.43 bits per heavy atom. The number of hydrazine groups is 1. The van der Waals surface area contributed by atoms with Crippen molar-refractivity contribution in [2.24, 2.45) is 0 Å². The molecule has 0 radical (unpaired) electrons. The van der Waals surface area contributed by atoms with Gasteiger partial charge < -0.3 is 5.43 Å². The molecule has 14 heavy (non-hydrogen) atoms. The molecule has 2 N–H and O–H groups in total. The minimum atomic E-state index is 0.856. The molecule has 1 aromatic heterocycles. The molecular formula is C10H11N3S. The zero-order valence-electron chi connectivity index (χ0n) is 7.87. The van der Waals surface area contributed by atoms with E-state index in [1.165, 1.54) is 4.70 Å². The van der Waals surface area contributed by atoms with Crippen molar-refractivity contribution >= 4 is 26.7 Å². The molecule has 0 bridgehead atoms. The second kappa shape index (κ2) is 3.67. The Bertz CT molecular complexity index is 428. The van der Waals surface area contributed by atoms with Gasteiger partial charge in [0.1, 0.15) is 0 Å². The summed E-state index contributed by atoms with van der Waals surface area (Å²) in [5, 5.41) is 0.856. The summed E-state index contributed by atoms with van der Waals surface area (Å²) in [5.41, 5.74) is 7.80. The smallest absolute Gasteiger partial charge is 0.202 e. The van der Waals surface area contributed by atoms with E-state index in [9.17, 15) is 0 Å². The number of para-hydroxylation sites is 1. The zero-order valence-corrected chi connectivity index (χ0v) is 8.69. The highest BCUT2D eigenvalue weighted by Gasteiger charge is 2.00. The molecule has 1 heterocycles. The van der Waals surface area contributed by atoms with Crippen LogP contribution in [0.3, 0.4) is 0 Å². The van der Waals surface area contributed by atoms with Crippen molar-refractivity contribution in [3.8, 4) is 0 Å². The average Bonchev–Trinajstić information content (AvgIpc) is 2.57. The Labute approximate surface area is 86.4 Å². The van der Waals surface area contributed by atoms with E-state index in [0.717, 1.165) is 16.3 Å². The van der Waals surface area contributed by atoms with Gasteiger partial charge in [-0.3, -0.25) is 5.43 Å². The minimum Gasteiger partial charge on any atom is -0.304 e. The van der Waals surface area contributed by atoms with Crippen molar-refractivity contribution in [3.63, 3.8) is 0 Å². The van der Waals surface area contributed by atoms with Crippen LogP contribution in [0.5, 0.6) is 0 Å². The molecule has 0 amide bonds. The fraction of sp³-hybridized carbons (Fsp3) is 0.100. The molecule has 4 heteroatoms. The van der Waals surface area contributed by atoms with Gasteiger partial charge in [0, 0.05) is 5.70 Å². The first-order valence-corrected chi connectivity index (χ1v) is 5.10. The molecule has 0 saturated heterocycles. The maximum Gasteiger partial charge on any atom is 0.202 e. The number of anilines is 1. The van der Waals surface area contributed by atoms with Crippen LogP contribution in [0.15, 0.2) is 36.5 Å². The maximum atomic E-state index is 4.39. The molecule has 72 valence electrons. The van der Waals surface area contributed by atoms with Crippen LogP contribution in [0.1, 0.15) is 6.92 Å². The zero-order chi connectivity index (χ0) is 9.97. The standard InChI is InChI=1S/C10H11N3S/c1-7(2)12-13-10-11-8-5-3-4-6-9(8)14-10/h3-6,12H,1H2,2H3,(H,11,13). The maximum absolute atomic E-state index is 4.39. The number of benzene rings is 1. The molecule has 0 atom stereocenters. The van der Waals surface area contributed by atoms with E-state index in [1.54, 1.807) is 11.3 Å². The molecule has 1 aromatic carbocycles. The number of rotatable bonds is 3. The molecule has 0 unspecified atom stereocenters. The van der Waals surface area contributed by atoms with E-state index in [2.05, 4.69) is 28.5 Å². The molecule has 2 aromatic rings. The second-order valence-corrected chi connectivity index (χ2v) is 4.05. The van der Waals surface area contributed by atoms with Crippen molar-refractivity contribution < 1.29 is 0 Å². The Balaban J connectivity index is 2.22. The van der Waals surface area contributed by atoms with E-state index in [-0.39, 0.29) is 0 Å². The predicted molar refractivity (Wildman–Crippen MR) is 61.2 cm³/mol. The van der Waals surface area contributed by atoms with Crippen molar-refractivity contribution in [2.75, 3.05) is 5.43 Å². The first-order valence-electron chi connectivity index (χ1n) is 4.29.